The van der Waals surface area contributed by atoms with Crippen molar-refractivity contribution >= 4 is 17.5 Å². The second-order valence-electron chi connectivity index (χ2n) is 5.45. The van der Waals surface area contributed by atoms with Crippen LogP contribution in [0.5, 0.6) is 11.5 Å². The Labute approximate surface area is 137 Å². The van der Waals surface area contributed by atoms with Gasteiger partial charge in [-0.25, -0.2) is 0 Å². The minimum absolute atomic E-state index is 0.0349. The third kappa shape index (κ3) is 3.41. The van der Waals surface area contributed by atoms with Gasteiger partial charge in [0.15, 0.2) is 0 Å². The van der Waals surface area contributed by atoms with Gasteiger partial charge in [-0.1, -0.05) is 0 Å². The summed E-state index contributed by atoms with van der Waals surface area (Å²) in [5.74, 6) is 0.898. The van der Waals surface area contributed by atoms with Crippen LogP contribution in [0.3, 0.4) is 0 Å². The molecule has 1 unspecified atom stereocenters. The summed E-state index contributed by atoms with van der Waals surface area (Å²) in [5, 5.41) is 0. The lowest BCUT2D eigenvalue weighted by Crippen LogP contribution is -2.37. The SMILES string of the molecule is CCN(CC)C(=O)C1CC(=O)N(c2cc(OC)ccc2OC)C1. The number of hydrogen-bond donors (Lipinski definition) is 0. The summed E-state index contributed by atoms with van der Waals surface area (Å²) in [6.45, 7) is 5.57. The van der Waals surface area contributed by atoms with Crippen LogP contribution in [0.1, 0.15) is 20.3 Å². The molecule has 23 heavy (non-hydrogen) atoms. The highest BCUT2D eigenvalue weighted by molar-refractivity contribution is 6.01. The molecule has 0 radical (unpaired) electrons. The Morgan fingerprint density at radius 3 is 2.52 bits per heavy atom. The van der Waals surface area contributed by atoms with Gasteiger partial charge in [0, 0.05) is 32.1 Å². The predicted octanol–water partition coefficient (Wildman–Crippen LogP) is 1.93. The molecule has 2 amide bonds. The van der Waals surface area contributed by atoms with Crippen LogP contribution < -0.4 is 14.4 Å². The first-order valence-corrected chi connectivity index (χ1v) is 7.86. The average molecular weight is 320 g/mol. The van der Waals surface area contributed by atoms with Crippen molar-refractivity contribution in [3.05, 3.63) is 18.2 Å². The highest BCUT2D eigenvalue weighted by Gasteiger charge is 2.37. The lowest BCUT2D eigenvalue weighted by Gasteiger charge is -2.23. The number of methoxy groups -OCH3 is 2. The fourth-order valence-corrected chi connectivity index (χ4v) is 2.91. The van der Waals surface area contributed by atoms with Gasteiger partial charge in [-0.2, -0.15) is 0 Å². The van der Waals surface area contributed by atoms with Crippen LogP contribution in [0, 0.1) is 5.92 Å². The molecule has 1 aliphatic heterocycles. The van der Waals surface area contributed by atoms with Crippen LogP contribution in [0.15, 0.2) is 18.2 Å². The zero-order chi connectivity index (χ0) is 17.0. The normalized spacial score (nSPS) is 17.3. The molecule has 0 N–H and O–H groups in total. The van der Waals surface area contributed by atoms with E-state index in [0.717, 1.165) is 0 Å². The van der Waals surface area contributed by atoms with Crippen molar-refractivity contribution in [2.24, 2.45) is 5.92 Å². The van der Waals surface area contributed by atoms with Gasteiger partial charge in [-0.15, -0.1) is 0 Å². The van der Waals surface area contributed by atoms with E-state index in [1.165, 1.54) is 0 Å². The summed E-state index contributed by atoms with van der Waals surface area (Å²) in [4.78, 5) is 28.3. The van der Waals surface area contributed by atoms with Crippen LogP contribution in [0.2, 0.25) is 0 Å². The molecule has 126 valence electrons. The molecule has 6 nitrogen and oxygen atoms in total. The van der Waals surface area contributed by atoms with Crippen molar-refractivity contribution in [3.63, 3.8) is 0 Å². The van der Waals surface area contributed by atoms with Crippen LogP contribution >= 0.6 is 0 Å². The summed E-state index contributed by atoms with van der Waals surface area (Å²) in [5.41, 5.74) is 0.645. The second-order valence-corrected chi connectivity index (χ2v) is 5.45. The molecule has 1 saturated heterocycles. The average Bonchev–Trinajstić information content (AvgIpc) is 2.96. The molecule has 1 aliphatic rings. The number of nitrogens with zero attached hydrogens (tertiary/aromatic N) is 2. The summed E-state index contributed by atoms with van der Waals surface area (Å²) >= 11 is 0. The molecular weight excluding hydrogens is 296 g/mol. The lowest BCUT2D eigenvalue weighted by atomic mass is 10.1. The molecular formula is C17H24N2O4. The van der Waals surface area contributed by atoms with E-state index in [2.05, 4.69) is 0 Å². The number of amides is 2. The number of rotatable bonds is 6. The van der Waals surface area contributed by atoms with E-state index in [4.69, 9.17) is 9.47 Å². The van der Waals surface area contributed by atoms with Crippen molar-refractivity contribution < 1.29 is 19.1 Å². The standard InChI is InChI=1S/C17H24N2O4/c1-5-18(6-2)17(21)12-9-16(20)19(11-12)14-10-13(22-3)7-8-15(14)23-4/h7-8,10,12H,5-6,9,11H2,1-4H3. The molecule has 1 atom stereocenters. The molecule has 0 saturated carbocycles. The molecule has 0 spiro atoms. The van der Waals surface area contributed by atoms with Crippen molar-refractivity contribution in [2.75, 3.05) is 38.8 Å². The van der Waals surface area contributed by atoms with E-state index >= 15 is 0 Å². The summed E-state index contributed by atoms with van der Waals surface area (Å²) < 4.78 is 10.6. The monoisotopic (exact) mass is 320 g/mol. The topological polar surface area (TPSA) is 59.1 Å². The van der Waals surface area contributed by atoms with E-state index in [1.807, 2.05) is 13.8 Å². The first-order chi connectivity index (χ1) is 11.0. The molecule has 0 aliphatic carbocycles. The van der Waals surface area contributed by atoms with Gasteiger partial charge in [-0.05, 0) is 26.0 Å². The molecule has 6 heteroatoms. The zero-order valence-corrected chi connectivity index (χ0v) is 14.2. The Hall–Kier alpha value is -2.24. The first-order valence-electron chi connectivity index (χ1n) is 7.86. The second kappa shape index (κ2) is 7.35. The Balaban J connectivity index is 2.25. The van der Waals surface area contributed by atoms with Crippen molar-refractivity contribution in [1.29, 1.82) is 0 Å². The number of carbonyl (C=O) groups is 2. The molecule has 1 fully saturated rings. The smallest absolute Gasteiger partial charge is 0.227 e. The Morgan fingerprint density at radius 1 is 1.26 bits per heavy atom. The van der Waals surface area contributed by atoms with Gasteiger partial charge < -0.3 is 19.3 Å². The van der Waals surface area contributed by atoms with Gasteiger partial charge in [0.25, 0.3) is 0 Å². The van der Waals surface area contributed by atoms with Gasteiger partial charge >= 0.3 is 0 Å². The summed E-state index contributed by atoms with van der Waals surface area (Å²) in [6, 6.07) is 5.31. The summed E-state index contributed by atoms with van der Waals surface area (Å²) in [6.07, 6.45) is 0.232. The van der Waals surface area contributed by atoms with E-state index in [9.17, 15) is 9.59 Å². The van der Waals surface area contributed by atoms with E-state index in [-0.39, 0.29) is 24.2 Å². The maximum Gasteiger partial charge on any atom is 0.227 e. The number of hydrogen-bond acceptors (Lipinski definition) is 4. The third-order valence-electron chi connectivity index (χ3n) is 4.23. The maximum absolute atomic E-state index is 12.5. The maximum atomic E-state index is 12.5. The minimum atomic E-state index is -0.307. The highest BCUT2D eigenvalue weighted by Crippen LogP contribution is 2.36. The van der Waals surface area contributed by atoms with Gasteiger partial charge in [0.05, 0.1) is 25.8 Å². The quantitative estimate of drug-likeness (QED) is 0.803. The lowest BCUT2D eigenvalue weighted by molar-refractivity contribution is -0.135. The Morgan fingerprint density at radius 2 is 1.96 bits per heavy atom. The van der Waals surface area contributed by atoms with Gasteiger partial charge in [-0.3, -0.25) is 9.59 Å². The molecule has 2 rings (SSSR count). The minimum Gasteiger partial charge on any atom is -0.497 e. The zero-order valence-electron chi connectivity index (χ0n) is 14.2. The third-order valence-corrected chi connectivity index (χ3v) is 4.23. The van der Waals surface area contributed by atoms with Crippen LogP contribution in [0.25, 0.3) is 0 Å². The summed E-state index contributed by atoms with van der Waals surface area (Å²) in [7, 11) is 3.13. The molecule has 0 bridgehead atoms. The van der Waals surface area contributed by atoms with Crippen LogP contribution in [0.4, 0.5) is 5.69 Å². The Bertz CT molecular complexity index is 584. The highest BCUT2D eigenvalue weighted by atomic mass is 16.5. The van der Waals surface area contributed by atoms with Crippen molar-refractivity contribution in [1.82, 2.24) is 4.90 Å². The number of carbonyl (C=O) groups excluding carboxylic acids is 2. The van der Waals surface area contributed by atoms with Gasteiger partial charge in [0.1, 0.15) is 11.5 Å². The molecule has 1 heterocycles. The molecule has 1 aromatic carbocycles. The molecule has 0 aromatic heterocycles. The van der Waals surface area contributed by atoms with E-state index < -0.39 is 0 Å². The fourth-order valence-electron chi connectivity index (χ4n) is 2.91. The predicted molar refractivity (Wildman–Crippen MR) is 87.9 cm³/mol. The molecule has 1 aromatic rings. The number of ether oxygens (including phenoxy) is 2. The number of anilines is 1. The largest absolute Gasteiger partial charge is 0.497 e. The van der Waals surface area contributed by atoms with E-state index in [0.29, 0.717) is 36.8 Å². The van der Waals surface area contributed by atoms with Crippen molar-refractivity contribution in [3.8, 4) is 11.5 Å². The van der Waals surface area contributed by atoms with Crippen molar-refractivity contribution in [2.45, 2.75) is 20.3 Å². The van der Waals surface area contributed by atoms with Crippen LogP contribution in [-0.4, -0.2) is 50.6 Å². The first kappa shape index (κ1) is 17.1. The van der Waals surface area contributed by atoms with E-state index in [1.54, 1.807) is 42.2 Å². The fraction of sp³-hybridized carbons (Fsp3) is 0.529. The van der Waals surface area contributed by atoms with Crippen LogP contribution in [-0.2, 0) is 9.59 Å². The Kier molecular flexibility index (Phi) is 5.47. The number of benzene rings is 1. The van der Waals surface area contributed by atoms with Gasteiger partial charge in [0.2, 0.25) is 11.8 Å².